The fraction of sp³-hybridized carbons (Fsp3) is 1.00. The Morgan fingerprint density at radius 3 is 1.75 bits per heavy atom. The van der Waals surface area contributed by atoms with Crippen molar-refractivity contribution in [2.45, 2.75) is 13.8 Å². The molecule has 0 unspecified atom stereocenters. The minimum absolute atomic E-state index is 0.844. The van der Waals surface area contributed by atoms with Crippen molar-refractivity contribution >= 4 is 0 Å². The van der Waals surface area contributed by atoms with Crippen LogP contribution in [-0.4, -0.2) is 18.4 Å². The van der Waals surface area contributed by atoms with Gasteiger partial charge in [-0.25, -0.2) is 0 Å². The molecule has 0 aliphatic rings. The fourth-order valence-corrected chi connectivity index (χ4v) is 0.204. The molecule has 0 saturated carbocycles. The van der Waals surface area contributed by atoms with E-state index in [1.807, 2.05) is 13.8 Å². The zero-order valence-electron chi connectivity index (χ0n) is 5.13. The van der Waals surface area contributed by atoms with Crippen molar-refractivity contribution in [3.63, 3.8) is 0 Å². The van der Waals surface area contributed by atoms with Crippen molar-refractivity contribution in [1.29, 1.82) is 0 Å². The minimum atomic E-state index is 0.844. The summed E-state index contributed by atoms with van der Waals surface area (Å²) in [6.45, 7) is 5.67. The van der Waals surface area contributed by atoms with Gasteiger partial charge in [0, 0.05) is 13.2 Å². The third kappa shape index (κ3) is 55.1. The lowest BCUT2D eigenvalue weighted by atomic mass is 10.8. The molecule has 0 amide bonds. The van der Waals surface area contributed by atoms with Crippen molar-refractivity contribution in [2.24, 2.45) is 5.34 Å². The lowest BCUT2D eigenvalue weighted by Crippen LogP contribution is -1.84. The third-order valence-electron chi connectivity index (χ3n) is 0.408. The predicted octanol–water partition coefficient (Wildman–Crippen LogP) is 1.18. The molecular weight excluding hydrogens is 110 g/mol. The van der Waals surface area contributed by atoms with Gasteiger partial charge in [-0.05, 0) is 13.8 Å². The molecule has 0 aromatic rings. The second-order valence-electron chi connectivity index (χ2n) is 0.863. The summed E-state index contributed by atoms with van der Waals surface area (Å²) in [4.78, 5) is 8.11. The first-order chi connectivity index (χ1) is 3.83. The van der Waals surface area contributed by atoms with Crippen LogP contribution in [0.4, 0.5) is 0 Å². The lowest BCUT2D eigenvalue weighted by molar-refractivity contribution is 0.162. The normalized spacial score (nSPS) is 6.75. The summed E-state index contributed by atoms with van der Waals surface area (Å²) in [5.74, 6) is 0. The van der Waals surface area contributed by atoms with Gasteiger partial charge in [0.05, 0.1) is 0 Å². The SMILES string of the molecule is CCOCC.O=NO. The maximum absolute atomic E-state index is 8.11. The lowest BCUT2D eigenvalue weighted by Gasteiger charge is -1.86. The van der Waals surface area contributed by atoms with E-state index >= 15 is 0 Å². The summed E-state index contributed by atoms with van der Waals surface area (Å²) in [7, 11) is 0. The highest BCUT2D eigenvalue weighted by atomic mass is 16.6. The van der Waals surface area contributed by atoms with E-state index < -0.39 is 0 Å². The molecule has 50 valence electrons. The number of hydrogen-bond donors (Lipinski definition) is 1. The maximum atomic E-state index is 8.11. The fourth-order valence-electron chi connectivity index (χ4n) is 0.204. The van der Waals surface area contributed by atoms with Crippen molar-refractivity contribution in [3.8, 4) is 0 Å². The summed E-state index contributed by atoms with van der Waals surface area (Å²) < 4.78 is 4.83. The van der Waals surface area contributed by atoms with E-state index in [1.165, 1.54) is 5.34 Å². The topological polar surface area (TPSA) is 58.9 Å². The van der Waals surface area contributed by atoms with Gasteiger partial charge in [0.15, 0.2) is 5.34 Å². The van der Waals surface area contributed by atoms with Crippen LogP contribution in [0.2, 0.25) is 0 Å². The Hall–Kier alpha value is -0.640. The van der Waals surface area contributed by atoms with Crippen LogP contribution in [0.3, 0.4) is 0 Å². The Kier molecular flexibility index (Phi) is 21.0. The summed E-state index contributed by atoms with van der Waals surface area (Å²) >= 11 is 0. The first-order valence-corrected chi connectivity index (χ1v) is 2.37. The molecule has 0 rings (SSSR count). The van der Waals surface area contributed by atoms with Gasteiger partial charge >= 0.3 is 0 Å². The highest BCUT2D eigenvalue weighted by Gasteiger charge is 1.64. The molecule has 4 nitrogen and oxygen atoms in total. The first kappa shape index (κ1) is 10.4. The molecule has 8 heavy (non-hydrogen) atoms. The Balaban J connectivity index is 0. The van der Waals surface area contributed by atoms with Gasteiger partial charge in [-0.3, -0.25) is 0 Å². The molecule has 0 aliphatic carbocycles. The zero-order chi connectivity index (χ0) is 6.83. The Labute approximate surface area is 48.4 Å². The van der Waals surface area contributed by atoms with E-state index in [4.69, 9.17) is 14.9 Å². The number of nitrogens with zero attached hydrogens (tertiary/aromatic N) is 1. The van der Waals surface area contributed by atoms with E-state index in [-0.39, 0.29) is 0 Å². The molecule has 0 bridgehead atoms. The number of ether oxygens (including phenoxy) is 1. The van der Waals surface area contributed by atoms with E-state index in [0.717, 1.165) is 13.2 Å². The van der Waals surface area contributed by atoms with Crippen LogP contribution >= 0.6 is 0 Å². The van der Waals surface area contributed by atoms with Crippen LogP contribution < -0.4 is 0 Å². The van der Waals surface area contributed by atoms with Gasteiger partial charge in [0.2, 0.25) is 0 Å². The van der Waals surface area contributed by atoms with Crippen LogP contribution in [0.25, 0.3) is 0 Å². The third-order valence-corrected chi connectivity index (χ3v) is 0.408. The second-order valence-corrected chi connectivity index (χ2v) is 0.863. The summed E-state index contributed by atoms with van der Waals surface area (Å²) in [6.07, 6.45) is 0. The van der Waals surface area contributed by atoms with Gasteiger partial charge in [-0.15, -0.1) is 4.91 Å². The van der Waals surface area contributed by atoms with Gasteiger partial charge in [0.1, 0.15) is 0 Å². The first-order valence-electron chi connectivity index (χ1n) is 2.37. The predicted molar refractivity (Wildman–Crippen MR) is 29.7 cm³/mol. The van der Waals surface area contributed by atoms with Crippen LogP contribution in [0.15, 0.2) is 5.34 Å². The molecule has 1 N–H and O–H groups in total. The Bertz CT molecular complexity index is 38.3. The maximum Gasteiger partial charge on any atom is 0.152 e. The van der Waals surface area contributed by atoms with Crippen molar-refractivity contribution in [3.05, 3.63) is 4.91 Å². The molecule has 0 aliphatic heterocycles. The summed E-state index contributed by atoms with van der Waals surface area (Å²) in [5.41, 5.74) is 0. The Morgan fingerprint density at radius 2 is 1.75 bits per heavy atom. The summed E-state index contributed by atoms with van der Waals surface area (Å²) in [5, 5.41) is 7.89. The quantitative estimate of drug-likeness (QED) is 0.441. The molecule has 0 atom stereocenters. The zero-order valence-corrected chi connectivity index (χ0v) is 5.13. The molecule has 4 heteroatoms. The van der Waals surface area contributed by atoms with Gasteiger partial charge in [-0.1, -0.05) is 0 Å². The van der Waals surface area contributed by atoms with Crippen LogP contribution in [0.5, 0.6) is 0 Å². The highest BCUT2D eigenvalue weighted by molar-refractivity contribution is 4.07. The van der Waals surface area contributed by atoms with Crippen LogP contribution in [0, 0.1) is 4.91 Å². The number of hydrogen-bond acceptors (Lipinski definition) is 3. The summed E-state index contributed by atoms with van der Waals surface area (Å²) in [6, 6.07) is 0. The van der Waals surface area contributed by atoms with Crippen molar-refractivity contribution in [2.75, 3.05) is 13.2 Å². The molecule has 0 radical (unpaired) electrons. The van der Waals surface area contributed by atoms with E-state index in [9.17, 15) is 0 Å². The van der Waals surface area contributed by atoms with E-state index in [1.54, 1.807) is 0 Å². The molecule has 0 aromatic heterocycles. The monoisotopic (exact) mass is 121 g/mol. The standard InChI is InChI=1S/C4H10O.HNO2/c1-3-5-4-2;2-1-3/h3-4H2,1-2H3;(H,2,3). The Morgan fingerprint density at radius 1 is 1.50 bits per heavy atom. The average Bonchev–Trinajstić information content (AvgIpc) is 1.71. The van der Waals surface area contributed by atoms with Crippen LogP contribution in [-0.2, 0) is 4.74 Å². The average molecular weight is 121 g/mol. The van der Waals surface area contributed by atoms with Gasteiger partial charge in [0.25, 0.3) is 0 Å². The molecule has 0 aromatic carbocycles. The molecule has 0 saturated heterocycles. The number of rotatable bonds is 2. The largest absolute Gasteiger partial charge is 0.382 e. The minimum Gasteiger partial charge on any atom is -0.382 e. The van der Waals surface area contributed by atoms with Crippen molar-refractivity contribution < 1.29 is 9.94 Å². The molecule has 0 heterocycles. The van der Waals surface area contributed by atoms with E-state index in [0.29, 0.717) is 0 Å². The van der Waals surface area contributed by atoms with Crippen LogP contribution in [0.1, 0.15) is 13.8 Å². The smallest absolute Gasteiger partial charge is 0.152 e. The van der Waals surface area contributed by atoms with Gasteiger partial charge in [-0.2, -0.15) is 0 Å². The molecular formula is C4H11NO3. The second kappa shape index (κ2) is 16.2. The van der Waals surface area contributed by atoms with Crippen molar-refractivity contribution in [1.82, 2.24) is 0 Å². The molecule has 0 spiro atoms. The van der Waals surface area contributed by atoms with E-state index in [2.05, 4.69) is 0 Å². The highest BCUT2D eigenvalue weighted by Crippen LogP contribution is 1.64. The molecule has 0 fully saturated rings. The van der Waals surface area contributed by atoms with Gasteiger partial charge < -0.3 is 9.94 Å².